The molecule has 14 heavy (non-hydrogen) atoms. The molecule has 4 heteroatoms. The van der Waals surface area contributed by atoms with E-state index < -0.39 is 12.1 Å². The molecule has 0 bridgehead atoms. The van der Waals surface area contributed by atoms with E-state index in [4.69, 9.17) is 0 Å². The molecular formula is C10H11IO3. The zero-order valence-electron chi connectivity index (χ0n) is 7.74. The Morgan fingerprint density at radius 1 is 1.57 bits per heavy atom. The van der Waals surface area contributed by atoms with Crippen molar-refractivity contribution in [3.63, 3.8) is 0 Å². The lowest BCUT2D eigenvalue weighted by molar-refractivity contribution is -0.142. The fraction of sp³-hybridized carbons (Fsp3) is 0.300. The molecule has 1 atom stereocenters. The molecule has 0 aliphatic heterocycles. The summed E-state index contributed by atoms with van der Waals surface area (Å²) < 4.78 is 5.43. The van der Waals surface area contributed by atoms with Crippen molar-refractivity contribution in [2.75, 3.05) is 7.11 Å². The lowest BCUT2D eigenvalue weighted by Gasteiger charge is -2.10. The molecule has 0 aliphatic rings. The molecule has 0 spiro atoms. The first-order chi connectivity index (χ1) is 6.65. The summed E-state index contributed by atoms with van der Waals surface area (Å²) in [7, 11) is 1.31. The molecule has 0 amide bonds. The van der Waals surface area contributed by atoms with Gasteiger partial charge in [-0.15, -0.1) is 0 Å². The Morgan fingerprint density at radius 2 is 2.21 bits per heavy atom. The number of benzene rings is 1. The van der Waals surface area contributed by atoms with Gasteiger partial charge in [0.05, 0.1) is 19.6 Å². The van der Waals surface area contributed by atoms with Gasteiger partial charge in [-0.25, -0.2) is 0 Å². The summed E-state index contributed by atoms with van der Waals surface area (Å²) in [6.45, 7) is 0. The first-order valence-electron chi connectivity index (χ1n) is 4.14. The maximum absolute atomic E-state index is 10.9. The Morgan fingerprint density at radius 3 is 2.79 bits per heavy atom. The summed E-state index contributed by atoms with van der Waals surface area (Å²) in [5, 5.41) is 9.70. The van der Waals surface area contributed by atoms with Gasteiger partial charge in [0.25, 0.3) is 0 Å². The van der Waals surface area contributed by atoms with Crippen molar-refractivity contribution >= 4 is 28.6 Å². The van der Waals surface area contributed by atoms with E-state index in [-0.39, 0.29) is 6.42 Å². The first-order valence-corrected chi connectivity index (χ1v) is 5.22. The van der Waals surface area contributed by atoms with Crippen molar-refractivity contribution in [3.8, 4) is 0 Å². The van der Waals surface area contributed by atoms with Crippen molar-refractivity contribution in [1.29, 1.82) is 0 Å². The lowest BCUT2D eigenvalue weighted by Crippen LogP contribution is -2.09. The lowest BCUT2D eigenvalue weighted by atomic mass is 10.1. The molecule has 0 heterocycles. The Bertz CT molecular complexity index is 325. The molecule has 0 fully saturated rings. The summed E-state index contributed by atoms with van der Waals surface area (Å²) in [6, 6.07) is 7.40. The van der Waals surface area contributed by atoms with Crippen LogP contribution in [-0.4, -0.2) is 18.2 Å². The van der Waals surface area contributed by atoms with Crippen LogP contribution in [0.3, 0.4) is 0 Å². The zero-order chi connectivity index (χ0) is 10.6. The summed E-state index contributed by atoms with van der Waals surface area (Å²) in [5.74, 6) is -0.405. The number of rotatable bonds is 3. The third kappa shape index (κ3) is 2.95. The number of aliphatic hydroxyl groups is 1. The van der Waals surface area contributed by atoms with Crippen molar-refractivity contribution in [2.24, 2.45) is 0 Å². The average molecular weight is 306 g/mol. The van der Waals surface area contributed by atoms with Crippen LogP contribution in [0.1, 0.15) is 18.1 Å². The number of esters is 1. The molecule has 0 radical (unpaired) electrons. The van der Waals surface area contributed by atoms with Gasteiger partial charge in [0.2, 0.25) is 0 Å². The Hall–Kier alpha value is -0.620. The van der Waals surface area contributed by atoms with E-state index in [1.807, 2.05) is 18.2 Å². The predicted molar refractivity (Wildman–Crippen MR) is 60.8 cm³/mol. The number of halogens is 1. The maximum atomic E-state index is 10.9. The van der Waals surface area contributed by atoms with Gasteiger partial charge in [0.1, 0.15) is 0 Å². The normalized spacial score (nSPS) is 12.2. The summed E-state index contributed by atoms with van der Waals surface area (Å²) >= 11 is 2.12. The molecule has 0 aromatic heterocycles. The SMILES string of the molecule is COC(=O)CC(O)c1ccccc1I. The third-order valence-corrected chi connectivity index (χ3v) is 2.83. The second-order valence-electron chi connectivity index (χ2n) is 2.82. The van der Waals surface area contributed by atoms with Crippen LogP contribution in [-0.2, 0) is 9.53 Å². The van der Waals surface area contributed by atoms with Crippen LogP contribution in [0, 0.1) is 3.57 Å². The van der Waals surface area contributed by atoms with Crippen molar-refractivity contribution in [3.05, 3.63) is 33.4 Å². The van der Waals surface area contributed by atoms with Crippen LogP contribution in [0.15, 0.2) is 24.3 Å². The minimum atomic E-state index is -0.782. The van der Waals surface area contributed by atoms with Crippen molar-refractivity contribution in [1.82, 2.24) is 0 Å². The van der Waals surface area contributed by atoms with Crippen molar-refractivity contribution < 1.29 is 14.6 Å². The quantitative estimate of drug-likeness (QED) is 0.685. The number of methoxy groups -OCH3 is 1. The standard InChI is InChI=1S/C10H11IO3/c1-14-10(13)6-9(12)7-4-2-3-5-8(7)11/h2-5,9,12H,6H2,1H3. The van der Waals surface area contributed by atoms with Gasteiger partial charge in [-0.3, -0.25) is 4.79 Å². The number of ether oxygens (including phenoxy) is 1. The highest BCUT2D eigenvalue weighted by Crippen LogP contribution is 2.22. The highest BCUT2D eigenvalue weighted by atomic mass is 127. The number of hydrogen-bond donors (Lipinski definition) is 1. The minimum Gasteiger partial charge on any atom is -0.469 e. The molecule has 1 aromatic rings. The van der Waals surface area contributed by atoms with Crippen LogP contribution in [0.4, 0.5) is 0 Å². The molecular weight excluding hydrogens is 295 g/mol. The molecule has 1 unspecified atom stereocenters. The second-order valence-corrected chi connectivity index (χ2v) is 3.98. The van der Waals surface area contributed by atoms with Crippen LogP contribution in [0.25, 0.3) is 0 Å². The van der Waals surface area contributed by atoms with E-state index >= 15 is 0 Å². The van der Waals surface area contributed by atoms with Gasteiger partial charge in [-0.05, 0) is 34.2 Å². The zero-order valence-corrected chi connectivity index (χ0v) is 9.89. The smallest absolute Gasteiger partial charge is 0.308 e. The monoisotopic (exact) mass is 306 g/mol. The fourth-order valence-electron chi connectivity index (χ4n) is 1.10. The molecule has 1 N–H and O–H groups in total. The molecule has 3 nitrogen and oxygen atoms in total. The highest BCUT2D eigenvalue weighted by molar-refractivity contribution is 14.1. The van der Waals surface area contributed by atoms with Gasteiger partial charge < -0.3 is 9.84 Å². The summed E-state index contributed by atoms with van der Waals surface area (Å²) in [4.78, 5) is 10.9. The molecule has 0 saturated carbocycles. The molecule has 76 valence electrons. The summed E-state index contributed by atoms with van der Waals surface area (Å²) in [6.07, 6.45) is -0.785. The number of carbonyl (C=O) groups excluding carboxylic acids is 1. The second kappa shape index (κ2) is 5.31. The highest BCUT2D eigenvalue weighted by Gasteiger charge is 2.14. The molecule has 0 saturated heterocycles. The summed E-state index contributed by atoms with van der Waals surface area (Å²) in [5.41, 5.74) is 0.763. The van der Waals surface area contributed by atoms with E-state index in [0.717, 1.165) is 9.13 Å². The minimum absolute atomic E-state index is 0.00346. The Balaban J connectivity index is 2.74. The van der Waals surface area contributed by atoms with Gasteiger partial charge in [-0.1, -0.05) is 18.2 Å². The topological polar surface area (TPSA) is 46.5 Å². The van der Waals surface area contributed by atoms with Crippen molar-refractivity contribution in [2.45, 2.75) is 12.5 Å². The van der Waals surface area contributed by atoms with E-state index in [0.29, 0.717) is 0 Å². The Kier molecular flexibility index (Phi) is 4.34. The number of hydrogen-bond acceptors (Lipinski definition) is 3. The third-order valence-electron chi connectivity index (χ3n) is 1.85. The number of carbonyl (C=O) groups is 1. The number of aliphatic hydroxyl groups excluding tert-OH is 1. The fourth-order valence-corrected chi connectivity index (χ4v) is 1.84. The van der Waals surface area contributed by atoms with E-state index in [1.54, 1.807) is 6.07 Å². The molecule has 1 rings (SSSR count). The van der Waals surface area contributed by atoms with Gasteiger partial charge >= 0.3 is 5.97 Å². The van der Waals surface area contributed by atoms with Gasteiger partial charge in [0.15, 0.2) is 0 Å². The van der Waals surface area contributed by atoms with Gasteiger partial charge in [-0.2, -0.15) is 0 Å². The van der Waals surface area contributed by atoms with E-state index in [2.05, 4.69) is 27.3 Å². The van der Waals surface area contributed by atoms with Crippen LogP contribution >= 0.6 is 22.6 Å². The van der Waals surface area contributed by atoms with E-state index in [1.165, 1.54) is 7.11 Å². The predicted octanol–water partition coefficient (Wildman–Crippen LogP) is 1.89. The Labute approximate surface area is 96.2 Å². The maximum Gasteiger partial charge on any atom is 0.308 e. The van der Waals surface area contributed by atoms with Crippen LogP contribution < -0.4 is 0 Å². The average Bonchev–Trinajstić information content (AvgIpc) is 2.18. The van der Waals surface area contributed by atoms with Gasteiger partial charge in [0, 0.05) is 3.57 Å². The molecule has 1 aromatic carbocycles. The van der Waals surface area contributed by atoms with Crippen LogP contribution in [0.5, 0.6) is 0 Å². The van der Waals surface area contributed by atoms with E-state index in [9.17, 15) is 9.90 Å². The largest absolute Gasteiger partial charge is 0.469 e. The molecule has 0 aliphatic carbocycles. The van der Waals surface area contributed by atoms with Crippen LogP contribution in [0.2, 0.25) is 0 Å². The first kappa shape index (κ1) is 11.5.